The van der Waals surface area contributed by atoms with E-state index in [0.717, 1.165) is 23.1 Å². The zero-order valence-electron chi connectivity index (χ0n) is 12.4. The van der Waals surface area contributed by atoms with Crippen LogP contribution in [0.4, 0.5) is 0 Å². The second kappa shape index (κ2) is 8.18. The number of nitrogens with one attached hydrogen (secondary N) is 1. The number of nitrogens with zero attached hydrogens (tertiary/aromatic N) is 2. The molecule has 8 nitrogen and oxygen atoms in total. The Labute approximate surface area is 136 Å². The molecule has 0 aliphatic carbocycles. The third kappa shape index (κ3) is 5.29. The number of nitrogens with two attached hydrogens (primary N) is 1. The van der Waals surface area contributed by atoms with Crippen LogP contribution in [0.2, 0.25) is 0 Å². The first-order chi connectivity index (χ1) is 11.1. The molecule has 0 saturated carbocycles. The van der Waals surface area contributed by atoms with Crippen LogP contribution in [-0.4, -0.2) is 40.9 Å². The van der Waals surface area contributed by atoms with Crippen LogP contribution in [0.3, 0.4) is 0 Å². The first-order valence-corrected chi connectivity index (χ1v) is 7.81. The van der Waals surface area contributed by atoms with E-state index in [-0.39, 0.29) is 23.4 Å². The van der Waals surface area contributed by atoms with Gasteiger partial charge in [0.1, 0.15) is 5.75 Å². The second-order valence-corrected chi connectivity index (χ2v) is 5.29. The lowest BCUT2D eigenvalue weighted by atomic mass is 10.2. The largest absolute Gasteiger partial charge is 0.494 e. The van der Waals surface area contributed by atoms with E-state index in [2.05, 4.69) is 15.5 Å². The van der Waals surface area contributed by atoms with Crippen LogP contribution in [0.5, 0.6) is 5.75 Å². The Morgan fingerprint density at radius 1 is 1.30 bits per heavy atom. The zero-order valence-corrected chi connectivity index (χ0v) is 13.3. The van der Waals surface area contributed by atoms with Gasteiger partial charge in [0.05, 0.1) is 18.9 Å². The average Bonchev–Trinajstić information content (AvgIpc) is 3.01. The third-order valence-corrected chi connectivity index (χ3v) is 3.42. The number of hydrogen-bond acceptors (Lipinski definition) is 7. The summed E-state index contributed by atoms with van der Waals surface area (Å²) >= 11 is 1.08. The lowest BCUT2D eigenvalue weighted by molar-refractivity contribution is -0.123. The average molecular weight is 336 g/mol. The molecule has 9 heteroatoms. The van der Waals surface area contributed by atoms with Crippen molar-refractivity contribution in [3.8, 4) is 17.2 Å². The van der Waals surface area contributed by atoms with Crippen molar-refractivity contribution in [3.63, 3.8) is 0 Å². The van der Waals surface area contributed by atoms with E-state index in [0.29, 0.717) is 12.5 Å². The van der Waals surface area contributed by atoms with Crippen molar-refractivity contribution in [2.45, 2.75) is 12.1 Å². The Morgan fingerprint density at radius 2 is 2.04 bits per heavy atom. The summed E-state index contributed by atoms with van der Waals surface area (Å²) in [4.78, 5) is 22.0. The molecule has 2 rings (SSSR count). The minimum atomic E-state index is -0.598. The molecule has 0 atom stereocenters. The van der Waals surface area contributed by atoms with Gasteiger partial charge in [-0.05, 0) is 31.2 Å². The maximum Gasteiger partial charge on any atom is 0.277 e. The number of hydrogen-bond donors (Lipinski definition) is 2. The van der Waals surface area contributed by atoms with Gasteiger partial charge in [0.15, 0.2) is 0 Å². The number of rotatable bonds is 8. The highest BCUT2D eigenvalue weighted by molar-refractivity contribution is 7.99. The number of primary amides is 1. The van der Waals surface area contributed by atoms with Crippen molar-refractivity contribution in [2.75, 3.05) is 18.9 Å². The minimum absolute atomic E-state index is 0.0538. The van der Waals surface area contributed by atoms with Gasteiger partial charge < -0.3 is 20.2 Å². The summed E-state index contributed by atoms with van der Waals surface area (Å²) in [5.41, 5.74) is 5.69. The van der Waals surface area contributed by atoms with Crippen molar-refractivity contribution in [1.82, 2.24) is 15.5 Å². The molecule has 0 radical (unpaired) electrons. The molecule has 3 N–H and O–H groups in total. The van der Waals surface area contributed by atoms with Gasteiger partial charge in [-0.15, -0.1) is 10.2 Å². The molecule has 0 fully saturated rings. The Morgan fingerprint density at radius 3 is 2.70 bits per heavy atom. The summed E-state index contributed by atoms with van der Waals surface area (Å²) in [5.74, 6) is 0.233. The molecule has 2 aromatic rings. The van der Waals surface area contributed by atoms with E-state index in [1.54, 1.807) is 0 Å². The van der Waals surface area contributed by atoms with Crippen molar-refractivity contribution in [1.29, 1.82) is 0 Å². The summed E-state index contributed by atoms with van der Waals surface area (Å²) in [5, 5.41) is 10.4. The summed E-state index contributed by atoms with van der Waals surface area (Å²) < 4.78 is 10.8. The zero-order chi connectivity index (χ0) is 16.7. The maximum atomic E-state index is 11.5. The second-order valence-electron chi connectivity index (χ2n) is 4.36. The quantitative estimate of drug-likeness (QED) is 0.685. The van der Waals surface area contributed by atoms with Gasteiger partial charge in [-0.25, -0.2) is 0 Å². The molecule has 0 bridgehead atoms. The molecule has 0 aliphatic rings. The van der Waals surface area contributed by atoms with E-state index < -0.39 is 5.91 Å². The number of thioether (sulfide) groups is 1. The van der Waals surface area contributed by atoms with Gasteiger partial charge in [0, 0.05) is 5.56 Å². The highest BCUT2D eigenvalue weighted by atomic mass is 32.2. The first-order valence-electron chi connectivity index (χ1n) is 6.83. The Kier molecular flexibility index (Phi) is 5.98. The van der Waals surface area contributed by atoms with Crippen LogP contribution in [0.15, 0.2) is 33.9 Å². The Balaban J connectivity index is 1.90. The molecule has 0 unspecified atom stereocenters. The van der Waals surface area contributed by atoms with Crippen LogP contribution >= 0.6 is 11.8 Å². The lowest BCUT2D eigenvalue weighted by Gasteiger charge is -2.02. The highest BCUT2D eigenvalue weighted by Gasteiger charge is 2.11. The Bertz CT molecular complexity index is 672. The maximum absolute atomic E-state index is 11.5. The summed E-state index contributed by atoms with van der Waals surface area (Å²) in [6.07, 6.45) is 0. The summed E-state index contributed by atoms with van der Waals surface area (Å²) in [7, 11) is 0. The first kappa shape index (κ1) is 16.8. The molecule has 0 aliphatic heterocycles. The fraction of sp³-hybridized carbons (Fsp3) is 0.286. The molecule has 1 aromatic heterocycles. The molecule has 23 heavy (non-hydrogen) atoms. The predicted molar refractivity (Wildman–Crippen MR) is 83.8 cm³/mol. The number of carbonyl (C=O) groups excluding carboxylic acids is 2. The van der Waals surface area contributed by atoms with E-state index in [1.807, 2.05) is 31.2 Å². The number of ether oxygens (including phenoxy) is 1. The van der Waals surface area contributed by atoms with Crippen LogP contribution in [0.1, 0.15) is 6.92 Å². The number of aromatic nitrogens is 2. The van der Waals surface area contributed by atoms with Gasteiger partial charge in [-0.3, -0.25) is 9.59 Å². The molecular formula is C14H16N4O4S. The van der Waals surface area contributed by atoms with Crippen molar-refractivity contribution in [2.24, 2.45) is 5.73 Å². The van der Waals surface area contributed by atoms with E-state index >= 15 is 0 Å². The molecule has 2 amide bonds. The smallest absolute Gasteiger partial charge is 0.277 e. The number of carbonyl (C=O) groups is 2. The predicted octanol–water partition coefficient (Wildman–Crippen LogP) is 0.829. The fourth-order valence-electron chi connectivity index (χ4n) is 1.61. The van der Waals surface area contributed by atoms with E-state index in [4.69, 9.17) is 14.9 Å². The molecule has 1 aromatic carbocycles. The third-order valence-electron chi connectivity index (χ3n) is 2.61. The van der Waals surface area contributed by atoms with Crippen LogP contribution in [0.25, 0.3) is 11.5 Å². The van der Waals surface area contributed by atoms with Crippen LogP contribution in [0, 0.1) is 0 Å². The Hall–Kier alpha value is -2.55. The fourth-order valence-corrected chi connectivity index (χ4v) is 2.20. The lowest BCUT2D eigenvalue weighted by Crippen LogP contribution is -2.34. The van der Waals surface area contributed by atoms with E-state index in [1.165, 1.54) is 0 Å². The monoisotopic (exact) mass is 336 g/mol. The van der Waals surface area contributed by atoms with Gasteiger partial charge in [-0.1, -0.05) is 11.8 Å². The van der Waals surface area contributed by atoms with Crippen LogP contribution in [-0.2, 0) is 9.59 Å². The number of amides is 2. The van der Waals surface area contributed by atoms with Crippen molar-refractivity contribution < 1.29 is 18.7 Å². The standard InChI is InChI=1S/C14H16N4O4S/c1-2-21-10-5-3-9(4-6-10)13-17-18-14(22-13)23-8-12(20)16-7-11(15)19/h3-6H,2,7-8H2,1H3,(H2,15,19)(H,16,20). The molecule has 1 heterocycles. The molecule has 122 valence electrons. The number of benzene rings is 1. The van der Waals surface area contributed by atoms with E-state index in [9.17, 15) is 9.59 Å². The van der Waals surface area contributed by atoms with Gasteiger partial charge in [-0.2, -0.15) is 0 Å². The minimum Gasteiger partial charge on any atom is -0.494 e. The van der Waals surface area contributed by atoms with Gasteiger partial charge in [0.2, 0.25) is 17.7 Å². The van der Waals surface area contributed by atoms with Crippen LogP contribution < -0.4 is 15.8 Å². The van der Waals surface area contributed by atoms with Gasteiger partial charge >= 0.3 is 0 Å². The topological polar surface area (TPSA) is 120 Å². The van der Waals surface area contributed by atoms with Gasteiger partial charge in [0.25, 0.3) is 5.22 Å². The SMILES string of the molecule is CCOc1ccc(-c2nnc(SCC(=O)NCC(N)=O)o2)cc1. The molecule has 0 spiro atoms. The molecule has 0 saturated heterocycles. The highest BCUT2D eigenvalue weighted by Crippen LogP contribution is 2.24. The van der Waals surface area contributed by atoms with Crippen molar-refractivity contribution >= 4 is 23.6 Å². The summed E-state index contributed by atoms with van der Waals surface area (Å²) in [6.45, 7) is 2.31. The summed E-state index contributed by atoms with van der Waals surface area (Å²) in [6, 6.07) is 7.25. The van der Waals surface area contributed by atoms with Crippen molar-refractivity contribution in [3.05, 3.63) is 24.3 Å². The molecular weight excluding hydrogens is 320 g/mol. The normalized spacial score (nSPS) is 10.3.